The first-order valence-electron chi connectivity index (χ1n) is 9.93. The third kappa shape index (κ3) is 5.76. The van der Waals surface area contributed by atoms with E-state index in [-0.39, 0.29) is 36.6 Å². The molecule has 6 nitrogen and oxygen atoms in total. The Balaban J connectivity index is 1.50. The molecule has 1 aliphatic rings. The summed E-state index contributed by atoms with van der Waals surface area (Å²) in [6, 6.07) is 10.2. The zero-order chi connectivity index (χ0) is 21.5. The Hall–Kier alpha value is -3.00. The summed E-state index contributed by atoms with van der Waals surface area (Å²) in [4.78, 5) is 26.0. The monoisotopic (exact) mass is 417 g/mol. The number of hydrogen-bond donors (Lipinski definition) is 2. The van der Waals surface area contributed by atoms with Gasteiger partial charge in [-0.3, -0.25) is 14.5 Å². The van der Waals surface area contributed by atoms with Gasteiger partial charge >= 0.3 is 0 Å². The molecule has 2 aromatic rings. The summed E-state index contributed by atoms with van der Waals surface area (Å²) in [5, 5.41) is 2.89. The Morgan fingerprint density at radius 1 is 1.20 bits per heavy atom. The molecule has 2 amide bonds. The first kappa shape index (κ1) is 21.7. The van der Waals surface area contributed by atoms with E-state index in [2.05, 4.69) is 5.32 Å². The molecule has 0 radical (unpaired) electrons. The van der Waals surface area contributed by atoms with E-state index in [0.717, 1.165) is 37.1 Å². The molecule has 1 heterocycles. The van der Waals surface area contributed by atoms with E-state index in [4.69, 9.17) is 10.5 Å². The number of hydrogen-bond acceptors (Lipinski definition) is 4. The topological polar surface area (TPSA) is 84.7 Å². The first-order chi connectivity index (χ1) is 14.4. The number of rotatable bonds is 9. The number of para-hydroxylation sites is 1. The highest BCUT2D eigenvalue weighted by Gasteiger charge is 2.29. The van der Waals surface area contributed by atoms with Gasteiger partial charge in [0, 0.05) is 24.7 Å². The SMILES string of the molecule is NC(=O)C1CCCN1Cc1ccccc1NC(=O)CCCOc1ccc(F)cc1F. The highest BCUT2D eigenvalue weighted by Crippen LogP contribution is 2.24. The lowest BCUT2D eigenvalue weighted by atomic mass is 10.1. The second-order valence-corrected chi connectivity index (χ2v) is 7.26. The van der Waals surface area contributed by atoms with Crippen LogP contribution >= 0.6 is 0 Å². The summed E-state index contributed by atoms with van der Waals surface area (Å²) >= 11 is 0. The lowest BCUT2D eigenvalue weighted by Gasteiger charge is -2.23. The van der Waals surface area contributed by atoms with Crippen LogP contribution in [0.3, 0.4) is 0 Å². The van der Waals surface area contributed by atoms with E-state index in [1.54, 1.807) is 0 Å². The number of nitrogens with two attached hydrogens (primary N) is 1. The Bertz CT molecular complexity index is 907. The van der Waals surface area contributed by atoms with Crippen molar-refractivity contribution in [2.24, 2.45) is 5.73 Å². The van der Waals surface area contributed by atoms with Crippen molar-refractivity contribution in [2.45, 2.75) is 38.3 Å². The van der Waals surface area contributed by atoms with Crippen LogP contribution in [0.2, 0.25) is 0 Å². The molecule has 0 saturated carbocycles. The molecular weight excluding hydrogens is 392 g/mol. The minimum absolute atomic E-state index is 0.0447. The van der Waals surface area contributed by atoms with Gasteiger partial charge in [0.15, 0.2) is 11.6 Å². The molecule has 0 aromatic heterocycles. The van der Waals surface area contributed by atoms with E-state index in [9.17, 15) is 18.4 Å². The summed E-state index contributed by atoms with van der Waals surface area (Å²) in [7, 11) is 0. The van der Waals surface area contributed by atoms with Crippen molar-refractivity contribution in [2.75, 3.05) is 18.5 Å². The molecule has 1 saturated heterocycles. The molecule has 0 bridgehead atoms. The number of likely N-dealkylation sites (tertiary alicyclic amines) is 1. The summed E-state index contributed by atoms with van der Waals surface area (Å²) in [6.45, 7) is 1.44. The van der Waals surface area contributed by atoms with Gasteiger partial charge in [-0.2, -0.15) is 0 Å². The van der Waals surface area contributed by atoms with Crippen molar-refractivity contribution in [3.05, 3.63) is 59.7 Å². The summed E-state index contributed by atoms with van der Waals surface area (Å²) < 4.78 is 31.7. The second kappa shape index (κ2) is 10.2. The van der Waals surface area contributed by atoms with Crippen LogP contribution in [-0.4, -0.2) is 35.9 Å². The highest BCUT2D eigenvalue weighted by atomic mass is 19.1. The Labute approximate surface area is 174 Å². The summed E-state index contributed by atoms with van der Waals surface area (Å²) in [5.74, 6) is -2.01. The molecule has 3 rings (SSSR count). The van der Waals surface area contributed by atoms with Gasteiger partial charge in [-0.05, 0) is 49.6 Å². The maximum atomic E-state index is 13.5. The Morgan fingerprint density at radius 2 is 2.00 bits per heavy atom. The second-order valence-electron chi connectivity index (χ2n) is 7.26. The lowest BCUT2D eigenvalue weighted by Crippen LogP contribution is -2.39. The maximum Gasteiger partial charge on any atom is 0.234 e. The zero-order valence-corrected chi connectivity index (χ0v) is 16.6. The molecule has 30 heavy (non-hydrogen) atoms. The number of amides is 2. The number of carbonyl (C=O) groups is 2. The van der Waals surface area contributed by atoms with Crippen LogP contribution in [0.1, 0.15) is 31.2 Å². The molecule has 1 aliphatic heterocycles. The molecule has 1 fully saturated rings. The summed E-state index contributed by atoms with van der Waals surface area (Å²) in [5.41, 5.74) is 7.07. The Kier molecular flexibility index (Phi) is 7.35. The van der Waals surface area contributed by atoms with Gasteiger partial charge in [0.25, 0.3) is 0 Å². The van der Waals surface area contributed by atoms with Crippen molar-refractivity contribution < 1.29 is 23.1 Å². The molecule has 160 valence electrons. The number of benzene rings is 2. The molecule has 2 aromatic carbocycles. The van der Waals surface area contributed by atoms with Crippen LogP contribution in [-0.2, 0) is 16.1 Å². The molecule has 3 N–H and O–H groups in total. The van der Waals surface area contributed by atoms with Crippen molar-refractivity contribution in [1.82, 2.24) is 4.90 Å². The number of primary amides is 1. The normalized spacial score (nSPS) is 16.4. The number of ether oxygens (including phenoxy) is 1. The largest absolute Gasteiger partial charge is 0.491 e. The zero-order valence-electron chi connectivity index (χ0n) is 16.6. The average molecular weight is 417 g/mol. The predicted molar refractivity (Wildman–Crippen MR) is 109 cm³/mol. The number of nitrogens with zero attached hydrogens (tertiary/aromatic N) is 1. The number of nitrogens with one attached hydrogen (secondary N) is 1. The minimum atomic E-state index is -0.774. The van der Waals surface area contributed by atoms with Gasteiger partial charge in [0.2, 0.25) is 11.8 Å². The van der Waals surface area contributed by atoms with E-state index in [1.807, 2.05) is 29.2 Å². The number of carbonyl (C=O) groups excluding carboxylic acids is 2. The minimum Gasteiger partial charge on any atom is -0.491 e. The third-order valence-electron chi connectivity index (χ3n) is 5.06. The van der Waals surface area contributed by atoms with Crippen molar-refractivity contribution >= 4 is 17.5 Å². The van der Waals surface area contributed by atoms with Crippen molar-refractivity contribution in [3.8, 4) is 5.75 Å². The van der Waals surface area contributed by atoms with E-state index < -0.39 is 11.6 Å². The van der Waals surface area contributed by atoms with E-state index in [1.165, 1.54) is 6.07 Å². The van der Waals surface area contributed by atoms with Gasteiger partial charge in [0.1, 0.15) is 5.82 Å². The molecular formula is C22H25F2N3O3. The van der Waals surface area contributed by atoms with Crippen LogP contribution in [0, 0.1) is 11.6 Å². The van der Waals surface area contributed by atoms with E-state index >= 15 is 0 Å². The van der Waals surface area contributed by atoms with Gasteiger partial charge in [-0.15, -0.1) is 0 Å². The Morgan fingerprint density at radius 3 is 2.77 bits per heavy atom. The van der Waals surface area contributed by atoms with Gasteiger partial charge in [-0.25, -0.2) is 8.78 Å². The van der Waals surface area contributed by atoms with Gasteiger partial charge in [0.05, 0.1) is 12.6 Å². The van der Waals surface area contributed by atoms with Crippen LogP contribution in [0.5, 0.6) is 5.75 Å². The maximum absolute atomic E-state index is 13.5. The van der Waals surface area contributed by atoms with Gasteiger partial charge in [-0.1, -0.05) is 18.2 Å². The standard InChI is InChI=1S/C22H25F2N3O3/c23-16-9-10-20(17(24)13-16)30-12-4-8-21(28)26-18-6-2-1-5-15(18)14-27-11-3-7-19(27)22(25)29/h1-2,5-6,9-10,13,19H,3-4,7-8,11-12,14H2,(H2,25,29)(H,26,28). The van der Waals surface area contributed by atoms with Crippen LogP contribution < -0.4 is 15.8 Å². The summed E-state index contributed by atoms with van der Waals surface area (Å²) in [6.07, 6.45) is 2.22. The van der Waals surface area contributed by atoms with Crippen molar-refractivity contribution in [1.29, 1.82) is 0 Å². The third-order valence-corrected chi connectivity index (χ3v) is 5.06. The fourth-order valence-electron chi connectivity index (χ4n) is 3.56. The first-order valence-corrected chi connectivity index (χ1v) is 9.93. The van der Waals surface area contributed by atoms with Gasteiger partial charge < -0.3 is 15.8 Å². The fraction of sp³-hybridized carbons (Fsp3) is 0.364. The van der Waals surface area contributed by atoms with Crippen molar-refractivity contribution in [3.63, 3.8) is 0 Å². The van der Waals surface area contributed by atoms with Crippen LogP contribution in [0.4, 0.5) is 14.5 Å². The fourth-order valence-corrected chi connectivity index (χ4v) is 3.56. The highest BCUT2D eigenvalue weighted by molar-refractivity contribution is 5.91. The smallest absolute Gasteiger partial charge is 0.234 e. The molecule has 0 aliphatic carbocycles. The molecule has 8 heteroatoms. The average Bonchev–Trinajstić information content (AvgIpc) is 3.16. The number of anilines is 1. The van der Waals surface area contributed by atoms with E-state index in [0.29, 0.717) is 18.7 Å². The molecule has 1 atom stereocenters. The lowest BCUT2D eigenvalue weighted by molar-refractivity contribution is -0.122. The predicted octanol–water partition coefficient (Wildman–Crippen LogP) is 3.21. The molecule has 1 unspecified atom stereocenters. The quantitative estimate of drug-likeness (QED) is 0.614. The number of halogens is 2. The van der Waals surface area contributed by atoms with Crippen LogP contribution in [0.25, 0.3) is 0 Å². The molecule has 0 spiro atoms. The van der Waals surface area contributed by atoms with Crippen LogP contribution in [0.15, 0.2) is 42.5 Å².